The number of carbonyl (C=O) groups is 1. The minimum absolute atomic E-state index is 0.140. The number of aliphatic hydroxyl groups is 1. The first kappa shape index (κ1) is 26.6. The molecule has 1 aromatic heterocycles. The summed E-state index contributed by atoms with van der Waals surface area (Å²) in [6.07, 6.45) is 3.05. The number of rotatable bonds is 12. The molecular weight excluding hydrogens is 482 g/mol. The van der Waals surface area contributed by atoms with Crippen molar-refractivity contribution < 1.29 is 23.1 Å². The molecule has 0 atom stereocenters. The van der Waals surface area contributed by atoms with Gasteiger partial charge in [-0.1, -0.05) is 12.1 Å². The van der Waals surface area contributed by atoms with Crippen molar-refractivity contribution in [1.29, 1.82) is 0 Å². The number of carbonyl (C=O) groups excluding carboxylic acids is 1. The first-order chi connectivity index (χ1) is 17.3. The average Bonchev–Trinajstić information content (AvgIpc) is 3.66. The molecule has 2 aromatic rings. The summed E-state index contributed by atoms with van der Waals surface area (Å²) in [4.78, 5) is 15.0. The Morgan fingerprint density at radius 2 is 1.97 bits per heavy atom. The van der Waals surface area contributed by atoms with E-state index in [2.05, 4.69) is 15.3 Å². The van der Waals surface area contributed by atoms with E-state index in [4.69, 9.17) is 4.74 Å². The number of nitrogens with one attached hydrogen (secondary N) is 1. The zero-order chi connectivity index (χ0) is 25.7. The summed E-state index contributed by atoms with van der Waals surface area (Å²) in [7, 11) is -1.34. The second-order valence-corrected chi connectivity index (χ2v) is 11.7. The number of nitrogens with zero attached hydrogens (tertiary/aromatic N) is 4. The van der Waals surface area contributed by atoms with E-state index in [0.717, 1.165) is 50.2 Å². The van der Waals surface area contributed by atoms with Crippen molar-refractivity contribution in [2.75, 3.05) is 45.1 Å². The van der Waals surface area contributed by atoms with Crippen LogP contribution in [0.5, 0.6) is 5.75 Å². The molecule has 0 unspecified atom stereocenters. The molecule has 10 nitrogen and oxygen atoms in total. The smallest absolute Gasteiger partial charge is 0.269 e. The van der Waals surface area contributed by atoms with E-state index < -0.39 is 10.0 Å². The van der Waals surface area contributed by atoms with Crippen molar-refractivity contribution in [2.45, 2.75) is 45.3 Å². The van der Waals surface area contributed by atoms with Gasteiger partial charge in [0.2, 0.25) is 10.0 Å². The van der Waals surface area contributed by atoms with Gasteiger partial charge in [0.15, 0.2) is 0 Å². The van der Waals surface area contributed by atoms with Gasteiger partial charge in [0, 0.05) is 57.8 Å². The van der Waals surface area contributed by atoms with Gasteiger partial charge in [0.25, 0.3) is 5.91 Å². The Balaban J connectivity index is 1.25. The summed E-state index contributed by atoms with van der Waals surface area (Å²) in [5.41, 5.74) is 2.98. The topological polar surface area (TPSA) is 117 Å². The predicted molar refractivity (Wildman–Crippen MR) is 136 cm³/mol. The van der Waals surface area contributed by atoms with Crippen LogP contribution in [0.1, 0.15) is 59.4 Å². The van der Waals surface area contributed by atoms with Crippen LogP contribution in [0.4, 0.5) is 0 Å². The van der Waals surface area contributed by atoms with Crippen LogP contribution in [0.15, 0.2) is 24.3 Å². The average molecular weight is 520 g/mol. The molecule has 2 N–H and O–H groups in total. The molecule has 1 saturated heterocycles. The molecule has 1 aliphatic heterocycles. The molecule has 2 fully saturated rings. The van der Waals surface area contributed by atoms with Crippen LogP contribution in [-0.4, -0.2) is 83.5 Å². The molecule has 36 heavy (non-hydrogen) atoms. The predicted octanol–water partition coefficient (Wildman–Crippen LogP) is 1.46. The van der Waals surface area contributed by atoms with Gasteiger partial charge in [-0.3, -0.25) is 9.48 Å². The molecule has 11 heteroatoms. The summed E-state index contributed by atoms with van der Waals surface area (Å²) < 4.78 is 33.2. The number of hydrogen-bond donors (Lipinski definition) is 2. The molecule has 2 heterocycles. The van der Waals surface area contributed by atoms with Gasteiger partial charge in [-0.05, 0) is 43.9 Å². The molecule has 198 valence electrons. The van der Waals surface area contributed by atoms with E-state index in [1.165, 1.54) is 0 Å². The molecular formula is C25H37N5O5S. The number of piperazine rings is 1. The fourth-order valence-corrected chi connectivity index (χ4v) is 5.61. The molecule has 1 aliphatic carbocycles. The van der Waals surface area contributed by atoms with E-state index >= 15 is 0 Å². The van der Waals surface area contributed by atoms with E-state index in [9.17, 15) is 18.3 Å². The van der Waals surface area contributed by atoms with Gasteiger partial charge in [-0.2, -0.15) is 9.40 Å². The zero-order valence-electron chi connectivity index (χ0n) is 21.1. The molecule has 1 aromatic carbocycles. The van der Waals surface area contributed by atoms with E-state index in [0.29, 0.717) is 42.6 Å². The van der Waals surface area contributed by atoms with Gasteiger partial charge < -0.3 is 20.1 Å². The highest BCUT2D eigenvalue weighted by atomic mass is 32.2. The highest BCUT2D eigenvalue weighted by molar-refractivity contribution is 7.89. The molecule has 4 rings (SSSR count). The van der Waals surface area contributed by atoms with Crippen molar-refractivity contribution in [3.05, 3.63) is 46.8 Å². The molecule has 0 spiro atoms. The Hall–Kier alpha value is -2.47. The first-order valence-electron chi connectivity index (χ1n) is 12.7. The van der Waals surface area contributed by atoms with E-state index in [1.54, 1.807) is 23.0 Å². The largest absolute Gasteiger partial charge is 0.493 e. The van der Waals surface area contributed by atoms with Crippen LogP contribution in [-0.2, 0) is 30.2 Å². The summed E-state index contributed by atoms with van der Waals surface area (Å²) >= 11 is 0. The summed E-state index contributed by atoms with van der Waals surface area (Å²) in [6, 6.07) is 7.43. The Labute approximate surface area is 213 Å². The monoisotopic (exact) mass is 519 g/mol. The lowest BCUT2D eigenvalue weighted by Gasteiger charge is -2.33. The fraction of sp³-hybridized carbons (Fsp3) is 0.600. The van der Waals surface area contributed by atoms with Gasteiger partial charge in [-0.15, -0.1) is 0 Å². The van der Waals surface area contributed by atoms with Gasteiger partial charge >= 0.3 is 0 Å². The Morgan fingerprint density at radius 1 is 1.22 bits per heavy atom. The quantitative estimate of drug-likeness (QED) is 0.408. The van der Waals surface area contributed by atoms with Gasteiger partial charge in [0.05, 0.1) is 24.7 Å². The molecule has 0 bridgehead atoms. The normalized spacial score (nSPS) is 17.3. The summed E-state index contributed by atoms with van der Waals surface area (Å²) in [6.45, 7) is 5.55. The first-order valence-corrected chi connectivity index (χ1v) is 14.3. The van der Waals surface area contributed by atoms with E-state index in [-0.39, 0.29) is 24.8 Å². The van der Waals surface area contributed by atoms with Crippen molar-refractivity contribution >= 4 is 15.9 Å². The number of sulfonamides is 1. The van der Waals surface area contributed by atoms with Crippen LogP contribution in [0.3, 0.4) is 0 Å². The second-order valence-electron chi connectivity index (χ2n) is 9.43. The zero-order valence-corrected chi connectivity index (χ0v) is 22.0. The number of aliphatic hydroxyl groups excluding tert-OH is 1. The fourth-order valence-electron chi connectivity index (χ4n) is 4.52. The molecule has 2 aliphatic rings. The Bertz CT molecular complexity index is 1150. The van der Waals surface area contributed by atoms with Crippen molar-refractivity contribution in [3.8, 4) is 5.75 Å². The van der Waals surface area contributed by atoms with E-state index in [1.807, 2.05) is 24.3 Å². The number of aromatic nitrogens is 2. The minimum Gasteiger partial charge on any atom is -0.493 e. The second kappa shape index (κ2) is 11.7. The molecule has 1 amide bonds. The number of aryl methyl sites for hydroxylation is 1. The third-order valence-corrected chi connectivity index (χ3v) is 8.80. The highest BCUT2D eigenvalue weighted by Gasteiger charge is 2.28. The lowest BCUT2D eigenvalue weighted by atomic mass is 10.1. The third-order valence-electron chi connectivity index (χ3n) is 6.92. The Morgan fingerprint density at radius 3 is 2.64 bits per heavy atom. The number of ether oxygens (including phenoxy) is 1. The lowest BCUT2D eigenvalue weighted by molar-refractivity contribution is 0.0941. The van der Waals surface area contributed by atoms with Crippen molar-refractivity contribution in [2.24, 2.45) is 7.05 Å². The number of amides is 1. The van der Waals surface area contributed by atoms with Gasteiger partial charge in [0.1, 0.15) is 11.4 Å². The lowest BCUT2D eigenvalue weighted by Crippen LogP contribution is -2.49. The SMILES string of the molecule is CCS(=O)(=O)N1CCN(CCCOc2cccc(CNC(=O)c3cc(C4CC4)nn3C)c2CO)CC1. The van der Waals surface area contributed by atoms with Crippen LogP contribution >= 0.6 is 0 Å². The van der Waals surface area contributed by atoms with Crippen molar-refractivity contribution in [1.82, 2.24) is 24.3 Å². The Kier molecular flexibility index (Phi) is 8.66. The number of hydrogen-bond acceptors (Lipinski definition) is 7. The maximum Gasteiger partial charge on any atom is 0.269 e. The van der Waals surface area contributed by atoms with Crippen LogP contribution in [0, 0.1) is 0 Å². The summed E-state index contributed by atoms with van der Waals surface area (Å²) in [5.74, 6) is 1.04. The minimum atomic E-state index is -3.12. The van der Waals surface area contributed by atoms with Gasteiger partial charge in [-0.25, -0.2) is 8.42 Å². The molecule has 0 radical (unpaired) electrons. The van der Waals surface area contributed by atoms with Crippen molar-refractivity contribution in [3.63, 3.8) is 0 Å². The number of benzene rings is 1. The van der Waals surface area contributed by atoms with Crippen LogP contribution < -0.4 is 10.1 Å². The van der Waals surface area contributed by atoms with Crippen LogP contribution in [0.25, 0.3) is 0 Å². The standard InChI is InChI=1S/C25H37N5O5S/c1-3-36(33,34)30-13-11-29(12-14-30)10-5-15-35-24-7-4-6-20(21(24)18-31)17-26-25(32)23-16-22(19-8-9-19)27-28(23)2/h4,6-7,16,19,31H,3,5,8-15,17-18H2,1-2H3,(H,26,32). The third kappa shape index (κ3) is 6.44. The van der Waals surface area contributed by atoms with Crippen LogP contribution in [0.2, 0.25) is 0 Å². The maximum atomic E-state index is 12.7. The highest BCUT2D eigenvalue weighted by Crippen LogP contribution is 2.39. The summed E-state index contributed by atoms with van der Waals surface area (Å²) in [5, 5.41) is 17.4. The maximum absolute atomic E-state index is 12.7. The molecule has 1 saturated carbocycles.